The molecule has 1 N–H and O–H groups in total. The van der Waals surface area contributed by atoms with E-state index in [1.54, 1.807) is 12.1 Å². The van der Waals surface area contributed by atoms with E-state index < -0.39 is 23.6 Å². The second kappa shape index (κ2) is 7.91. The summed E-state index contributed by atoms with van der Waals surface area (Å²) in [4.78, 5) is 23.8. The van der Waals surface area contributed by atoms with Crippen LogP contribution in [0.1, 0.15) is 41.5 Å². The van der Waals surface area contributed by atoms with Crippen molar-refractivity contribution in [3.8, 4) is 0 Å². The molecule has 0 aliphatic rings. The summed E-state index contributed by atoms with van der Waals surface area (Å²) in [5, 5.41) is 9.29. The minimum Gasteiger partial charge on any atom is -0.465 e. The Balaban J connectivity index is 2.81. The molecule has 0 heterocycles. The van der Waals surface area contributed by atoms with Crippen molar-refractivity contribution in [3.63, 3.8) is 0 Å². The van der Waals surface area contributed by atoms with Crippen LogP contribution in [0.15, 0.2) is 24.3 Å². The van der Waals surface area contributed by atoms with Crippen molar-refractivity contribution >= 4 is 11.9 Å². The quantitative estimate of drug-likeness (QED) is 0.807. The lowest BCUT2D eigenvalue weighted by Gasteiger charge is -2.23. The normalized spacial score (nSPS) is 12.6. The number of esters is 2. The number of carbonyl (C=O) groups excluding carboxylic acids is 2. The number of rotatable bonds is 6. The standard InChI is InChI=1S/C16H22O6/c1-16(2,3)21-10-11(9-17)22-15(19)13-8-6-5-7-12(13)14(18)20-4/h5-8,11,17H,9-10H2,1-4H3. The van der Waals surface area contributed by atoms with Crippen LogP contribution in [-0.4, -0.2) is 49.1 Å². The van der Waals surface area contributed by atoms with Crippen LogP contribution in [0, 0.1) is 0 Å². The highest BCUT2D eigenvalue weighted by atomic mass is 16.6. The summed E-state index contributed by atoms with van der Waals surface area (Å²) < 4.78 is 15.3. The highest BCUT2D eigenvalue weighted by Crippen LogP contribution is 2.14. The SMILES string of the molecule is COC(=O)c1ccccc1C(=O)OC(CO)COC(C)(C)C. The topological polar surface area (TPSA) is 82.1 Å². The largest absolute Gasteiger partial charge is 0.465 e. The zero-order valence-electron chi connectivity index (χ0n) is 13.3. The molecule has 1 rings (SSSR count). The Morgan fingerprint density at radius 3 is 2.14 bits per heavy atom. The van der Waals surface area contributed by atoms with Crippen LogP contribution < -0.4 is 0 Å². The third-order valence-corrected chi connectivity index (χ3v) is 2.73. The molecule has 1 aromatic carbocycles. The first-order valence-corrected chi connectivity index (χ1v) is 6.91. The van der Waals surface area contributed by atoms with E-state index in [9.17, 15) is 14.7 Å². The van der Waals surface area contributed by atoms with Gasteiger partial charge in [0.25, 0.3) is 0 Å². The Bertz CT molecular complexity index is 518. The van der Waals surface area contributed by atoms with Crippen LogP contribution in [0.3, 0.4) is 0 Å². The molecule has 122 valence electrons. The van der Waals surface area contributed by atoms with Crippen LogP contribution >= 0.6 is 0 Å². The van der Waals surface area contributed by atoms with Gasteiger partial charge < -0.3 is 19.3 Å². The van der Waals surface area contributed by atoms with Crippen LogP contribution in [-0.2, 0) is 14.2 Å². The molecule has 22 heavy (non-hydrogen) atoms. The van der Waals surface area contributed by atoms with Crippen molar-refractivity contribution in [1.29, 1.82) is 0 Å². The summed E-state index contributed by atoms with van der Waals surface area (Å²) in [6, 6.07) is 6.17. The van der Waals surface area contributed by atoms with Gasteiger partial charge in [0.1, 0.15) is 6.10 Å². The van der Waals surface area contributed by atoms with Crippen molar-refractivity contribution < 1.29 is 28.9 Å². The molecule has 0 amide bonds. The number of ether oxygens (including phenoxy) is 3. The molecule has 0 radical (unpaired) electrons. The molecule has 0 fully saturated rings. The number of aliphatic hydroxyl groups is 1. The van der Waals surface area contributed by atoms with Gasteiger partial charge in [-0.2, -0.15) is 0 Å². The van der Waals surface area contributed by atoms with E-state index in [0.717, 1.165) is 0 Å². The fourth-order valence-electron chi connectivity index (χ4n) is 1.63. The molecule has 0 saturated heterocycles. The molecule has 1 atom stereocenters. The van der Waals surface area contributed by atoms with Gasteiger partial charge in [0.05, 0.1) is 37.1 Å². The van der Waals surface area contributed by atoms with E-state index in [1.807, 2.05) is 20.8 Å². The van der Waals surface area contributed by atoms with E-state index in [4.69, 9.17) is 9.47 Å². The molecule has 1 unspecified atom stereocenters. The number of hydrogen-bond donors (Lipinski definition) is 1. The first-order valence-electron chi connectivity index (χ1n) is 6.91. The minimum absolute atomic E-state index is 0.0616. The molecule has 0 aliphatic carbocycles. The number of hydrogen-bond acceptors (Lipinski definition) is 6. The van der Waals surface area contributed by atoms with Gasteiger partial charge in [-0.3, -0.25) is 0 Å². The predicted octanol–water partition coefficient (Wildman–Crippen LogP) is 1.81. The van der Waals surface area contributed by atoms with Gasteiger partial charge >= 0.3 is 11.9 Å². The molecule has 0 aromatic heterocycles. The maximum atomic E-state index is 12.2. The van der Waals surface area contributed by atoms with Crippen molar-refractivity contribution in [3.05, 3.63) is 35.4 Å². The third kappa shape index (κ3) is 5.46. The van der Waals surface area contributed by atoms with E-state index >= 15 is 0 Å². The highest BCUT2D eigenvalue weighted by molar-refractivity contribution is 6.03. The van der Waals surface area contributed by atoms with Crippen molar-refractivity contribution in [2.24, 2.45) is 0 Å². The third-order valence-electron chi connectivity index (χ3n) is 2.73. The summed E-state index contributed by atoms with van der Waals surface area (Å²) in [6.07, 6.45) is -0.808. The second-order valence-corrected chi connectivity index (χ2v) is 5.67. The maximum Gasteiger partial charge on any atom is 0.339 e. The fraction of sp³-hybridized carbons (Fsp3) is 0.500. The lowest BCUT2D eigenvalue weighted by Crippen LogP contribution is -2.32. The van der Waals surface area contributed by atoms with Crippen molar-refractivity contribution in [2.75, 3.05) is 20.3 Å². The average molecular weight is 310 g/mol. The molecule has 1 aromatic rings. The lowest BCUT2D eigenvalue weighted by atomic mass is 10.1. The lowest BCUT2D eigenvalue weighted by molar-refractivity contribution is -0.0704. The Morgan fingerprint density at radius 1 is 1.14 bits per heavy atom. The number of carbonyl (C=O) groups is 2. The fourth-order valence-corrected chi connectivity index (χ4v) is 1.63. The van der Waals surface area contributed by atoms with Crippen molar-refractivity contribution in [2.45, 2.75) is 32.5 Å². The molecule has 0 spiro atoms. The van der Waals surface area contributed by atoms with Gasteiger partial charge in [0.15, 0.2) is 0 Å². The number of benzene rings is 1. The summed E-state index contributed by atoms with van der Waals surface area (Å²) in [7, 11) is 1.23. The Kier molecular flexibility index (Phi) is 6.52. The van der Waals surface area contributed by atoms with E-state index in [1.165, 1.54) is 19.2 Å². The average Bonchev–Trinajstić information content (AvgIpc) is 2.49. The minimum atomic E-state index is -0.808. The maximum absolute atomic E-state index is 12.2. The first-order chi connectivity index (χ1) is 10.3. The van der Waals surface area contributed by atoms with Gasteiger partial charge in [-0.25, -0.2) is 9.59 Å². The predicted molar refractivity (Wildman–Crippen MR) is 79.8 cm³/mol. The summed E-state index contributed by atoms with van der Waals surface area (Å²) >= 11 is 0. The summed E-state index contributed by atoms with van der Waals surface area (Å²) in [5.41, 5.74) is -0.212. The number of aliphatic hydroxyl groups excluding tert-OH is 1. The molecule has 0 aliphatic heterocycles. The second-order valence-electron chi connectivity index (χ2n) is 5.67. The van der Waals surface area contributed by atoms with Crippen LogP contribution in [0.25, 0.3) is 0 Å². The summed E-state index contributed by atoms with van der Waals surface area (Å²) in [6.45, 7) is 5.26. The smallest absolute Gasteiger partial charge is 0.339 e. The highest BCUT2D eigenvalue weighted by Gasteiger charge is 2.23. The Labute approximate surface area is 130 Å². The Morgan fingerprint density at radius 2 is 1.68 bits per heavy atom. The van der Waals surface area contributed by atoms with Crippen molar-refractivity contribution in [1.82, 2.24) is 0 Å². The van der Waals surface area contributed by atoms with Gasteiger partial charge in [-0.1, -0.05) is 12.1 Å². The van der Waals surface area contributed by atoms with Gasteiger partial charge in [-0.15, -0.1) is 0 Å². The number of methoxy groups -OCH3 is 1. The zero-order valence-corrected chi connectivity index (χ0v) is 13.3. The molecular weight excluding hydrogens is 288 g/mol. The Hall–Kier alpha value is -1.92. The molecule has 0 bridgehead atoms. The molecule has 0 saturated carbocycles. The zero-order chi connectivity index (χ0) is 16.8. The van der Waals surface area contributed by atoms with E-state index in [2.05, 4.69) is 4.74 Å². The first kappa shape index (κ1) is 18.1. The molecular formula is C16H22O6. The van der Waals surface area contributed by atoms with Gasteiger partial charge in [0, 0.05) is 0 Å². The molecule has 6 heteroatoms. The van der Waals surface area contributed by atoms with E-state index in [0.29, 0.717) is 0 Å². The van der Waals surface area contributed by atoms with Crippen LogP contribution in [0.5, 0.6) is 0 Å². The molecule has 6 nitrogen and oxygen atoms in total. The van der Waals surface area contributed by atoms with Gasteiger partial charge in [-0.05, 0) is 32.9 Å². The summed E-state index contributed by atoms with van der Waals surface area (Å²) in [5.74, 6) is -1.34. The van der Waals surface area contributed by atoms with Crippen LogP contribution in [0.4, 0.5) is 0 Å². The van der Waals surface area contributed by atoms with Gasteiger partial charge in [0.2, 0.25) is 0 Å². The monoisotopic (exact) mass is 310 g/mol. The van der Waals surface area contributed by atoms with Crippen LogP contribution in [0.2, 0.25) is 0 Å². The van der Waals surface area contributed by atoms with E-state index in [-0.39, 0.29) is 24.3 Å².